The van der Waals surface area contributed by atoms with E-state index in [-0.39, 0.29) is 5.41 Å². The maximum Gasteiger partial charge on any atom is 0.0697 e. The molecule has 2 aliphatic rings. The van der Waals surface area contributed by atoms with Gasteiger partial charge in [0.15, 0.2) is 0 Å². The zero-order chi connectivity index (χ0) is 11.6. The fraction of sp³-hybridized carbons (Fsp3) is 0.929. The van der Waals surface area contributed by atoms with E-state index in [1.165, 1.54) is 51.6 Å². The molecule has 2 rings (SSSR count). The van der Waals surface area contributed by atoms with Crippen molar-refractivity contribution in [2.24, 2.45) is 10.8 Å². The molecule has 1 saturated heterocycles. The van der Waals surface area contributed by atoms with Gasteiger partial charge in [-0.1, -0.05) is 25.7 Å². The number of rotatable bonds is 2. The molecule has 0 radical (unpaired) electrons. The van der Waals surface area contributed by atoms with Crippen LogP contribution in [0, 0.1) is 22.2 Å². The monoisotopic (exact) mass is 220 g/mol. The van der Waals surface area contributed by atoms with Crippen molar-refractivity contribution in [1.82, 2.24) is 4.90 Å². The second-order valence-electron chi connectivity index (χ2n) is 6.56. The van der Waals surface area contributed by atoms with E-state index in [9.17, 15) is 0 Å². The molecule has 1 heterocycles. The molecule has 0 amide bonds. The number of hydrogen-bond acceptors (Lipinski definition) is 2. The first kappa shape index (κ1) is 11.9. The van der Waals surface area contributed by atoms with E-state index in [1.807, 2.05) is 13.8 Å². The van der Waals surface area contributed by atoms with Crippen LogP contribution in [0.1, 0.15) is 52.4 Å². The van der Waals surface area contributed by atoms with Crippen molar-refractivity contribution in [1.29, 1.82) is 5.26 Å². The molecule has 0 unspecified atom stereocenters. The molecule has 2 nitrogen and oxygen atoms in total. The van der Waals surface area contributed by atoms with Crippen molar-refractivity contribution in [3.8, 4) is 6.07 Å². The van der Waals surface area contributed by atoms with Gasteiger partial charge in [-0.2, -0.15) is 5.26 Å². The molecule has 0 aromatic carbocycles. The predicted molar refractivity (Wildman–Crippen MR) is 66.0 cm³/mol. The molecule has 16 heavy (non-hydrogen) atoms. The Bertz CT molecular complexity index is 272. The summed E-state index contributed by atoms with van der Waals surface area (Å²) in [5.74, 6) is 0. The van der Waals surface area contributed by atoms with Gasteiger partial charge in [0.05, 0.1) is 11.5 Å². The smallest absolute Gasteiger partial charge is 0.0697 e. The maximum atomic E-state index is 9.03. The molecule has 2 fully saturated rings. The first-order chi connectivity index (χ1) is 7.55. The number of nitriles is 1. The topological polar surface area (TPSA) is 27.0 Å². The number of nitrogens with zero attached hydrogens (tertiary/aromatic N) is 2. The Morgan fingerprint density at radius 3 is 2.19 bits per heavy atom. The summed E-state index contributed by atoms with van der Waals surface area (Å²) in [5, 5.41) is 9.03. The van der Waals surface area contributed by atoms with Crippen molar-refractivity contribution in [2.75, 3.05) is 19.6 Å². The van der Waals surface area contributed by atoms with E-state index in [0.717, 1.165) is 6.54 Å². The van der Waals surface area contributed by atoms with E-state index >= 15 is 0 Å². The van der Waals surface area contributed by atoms with Gasteiger partial charge in [0.2, 0.25) is 0 Å². The molecule has 1 spiro atoms. The Labute approximate surface area is 99.6 Å². The highest BCUT2D eigenvalue weighted by atomic mass is 15.2. The molecule has 90 valence electrons. The summed E-state index contributed by atoms with van der Waals surface area (Å²) in [5.41, 5.74) is 0.467. The Kier molecular flexibility index (Phi) is 3.26. The summed E-state index contributed by atoms with van der Waals surface area (Å²) in [7, 11) is 0. The number of hydrogen-bond donors (Lipinski definition) is 0. The molecular formula is C14H24N2. The summed E-state index contributed by atoms with van der Waals surface area (Å²) < 4.78 is 0. The van der Waals surface area contributed by atoms with E-state index in [4.69, 9.17) is 5.26 Å². The van der Waals surface area contributed by atoms with Crippen LogP contribution in [-0.2, 0) is 0 Å². The van der Waals surface area contributed by atoms with Gasteiger partial charge in [-0.15, -0.1) is 0 Å². The average molecular weight is 220 g/mol. The predicted octanol–water partition coefficient (Wildman–Crippen LogP) is 3.19. The standard InChI is InChI=1S/C14H24N2/c1-13(2,9-15)10-16-11-14(12-16)7-5-3-4-6-8-14/h3-8,10-12H2,1-2H3. The molecule has 1 aliphatic heterocycles. The summed E-state index contributed by atoms with van der Waals surface area (Å²) >= 11 is 0. The summed E-state index contributed by atoms with van der Waals surface area (Å²) in [6.07, 6.45) is 8.58. The highest BCUT2D eigenvalue weighted by Gasteiger charge is 2.43. The van der Waals surface area contributed by atoms with E-state index in [2.05, 4.69) is 11.0 Å². The van der Waals surface area contributed by atoms with Gasteiger partial charge in [-0.25, -0.2) is 0 Å². The van der Waals surface area contributed by atoms with E-state index in [1.54, 1.807) is 0 Å². The Morgan fingerprint density at radius 1 is 1.12 bits per heavy atom. The number of likely N-dealkylation sites (tertiary alicyclic amines) is 1. The lowest BCUT2D eigenvalue weighted by Crippen LogP contribution is -2.57. The molecule has 0 aromatic heterocycles. The lowest BCUT2D eigenvalue weighted by atomic mass is 9.72. The van der Waals surface area contributed by atoms with Crippen molar-refractivity contribution >= 4 is 0 Å². The highest BCUT2D eigenvalue weighted by molar-refractivity contribution is 5.01. The molecular weight excluding hydrogens is 196 g/mol. The summed E-state index contributed by atoms with van der Waals surface area (Å²) in [4.78, 5) is 2.48. The van der Waals surface area contributed by atoms with Crippen LogP contribution < -0.4 is 0 Å². The van der Waals surface area contributed by atoms with Gasteiger partial charge in [-0.3, -0.25) is 0 Å². The zero-order valence-electron chi connectivity index (χ0n) is 10.8. The second kappa shape index (κ2) is 4.37. The van der Waals surface area contributed by atoms with E-state index in [0.29, 0.717) is 5.41 Å². The lowest BCUT2D eigenvalue weighted by Gasteiger charge is -2.52. The minimum atomic E-state index is -0.174. The quantitative estimate of drug-likeness (QED) is 0.714. The first-order valence-corrected chi connectivity index (χ1v) is 6.69. The van der Waals surface area contributed by atoms with Gasteiger partial charge in [0.25, 0.3) is 0 Å². The third-order valence-electron chi connectivity index (χ3n) is 4.20. The van der Waals surface area contributed by atoms with Crippen molar-refractivity contribution in [3.05, 3.63) is 0 Å². The van der Waals surface area contributed by atoms with E-state index < -0.39 is 0 Å². The molecule has 1 aliphatic carbocycles. The van der Waals surface area contributed by atoms with Crippen LogP contribution in [0.3, 0.4) is 0 Å². The minimum absolute atomic E-state index is 0.174. The summed E-state index contributed by atoms with van der Waals surface area (Å²) in [6, 6.07) is 2.40. The van der Waals surface area contributed by atoms with Crippen molar-refractivity contribution in [2.45, 2.75) is 52.4 Å². The first-order valence-electron chi connectivity index (χ1n) is 6.69. The maximum absolute atomic E-state index is 9.03. The fourth-order valence-electron chi connectivity index (χ4n) is 3.40. The van der Waals surface area contributed by atoms with Gasteiger partial charge < -0.3 is 4.90 Å². The van der Waals surface area contributed by atoms with Gasteiger partial charge in [0.1, 0.15) is 0 Å². The average Bonchev–Trinajstić information content (AvgIpc) is 2.42. The largest absolute Gasteiger partial charge is 0.301 e. The molecule has 0 aromatic rings. The van der Waals surface area contributed by atoms with Crippen molar-refractivity contribution < 1.29 is 0 Å². The van der Waals surface area contributed by atoms with Gasteiger partial charge in [-0.05, 0) is 32.1 Å². The van der Waals surface area contributed by atoms with Crippen molar-refractivity contribution in [3.63, 3.8) is 0 Å². The Morgan fingerprint density at radius 2 is 1.69 bits per heavy atom. The van der Waals surface area contributed by atoms with Crippen LogP contribution in [0.4, 0.5) is 0 Å². The third kappa shape index (κ3) is 2.58. The molecule has 0 N–H and O–H groups in total. The van der Waals surface area contributed by atoms with Crippen LogP contribution in [0.2, 0.25) is 0 Å². The highest BCUT2D eigenvalue weighted by Crippen LogP contribution is 2.43. The molecule has 1 saturated carbocycles. The van der Waals surface area contributed by atoms with Crippen LogP contribution in [0.25, 0.3) is 0 Å². The normalized spacial score (nSPS) is 25.8. The Hall–Kier alpha value is -0.550. The fourth-order valence-corrected chi connectivity index (χ4v) is 3.40. The molecule has 0 bridgehead atoms. The van der Waals surface area contributed by atoms with Crippen LogP contribution >= 0.6 is 0 Å². The van der Waals surface area contributed by atoms with Crippen LogP contribution in [-0.4, -0.2) is 24.5 Å². The van der Waals surface area contributed by atoms with Gasteiger partial charge >= 0.3 is 0 Å². The Balaban J connectivity index is 1.82. The SMILES string of the molecule is CC(C)(C#N)CN1CC2(CCCCCC2)C1. The van der Waals surface area contributed by atoms with Crippen LogP contribution in [0.15, 0.2) is 0 Å². The van der Waals surface area contributed by atoms with Gasteiger partial charge in [0, 0.05) is 19.6 Å². The zero-order valence-corrected chi connectivity index (χ0v) is 10.8. The van der Waals surface area contributed by atoms with Crippen LogP contribution in [0.5, 0.6) is 0 Å². The minimum Gasteiger partial charge on any atom is -0.301 e. The molecule has 2 heteroatoms. The second-order valence-corrected chi connectivity index (χ2v) is 6.56. The summed E-state index contributed by atoms with van der Waals surface area (Å²) in [6.45, 7) is 7.54. The third-order valence-corrected chi connectivity index (χ3v) is 4.20. The molecule has 0 atom stereocenters. The lowest BCUT2D eigenvalue weighted by molar-refractivity contribution is -0.0255.